The fourth-order valence-corrected chi connectivity index (χ4v) is 2.92. The van der Waals surface area contributed by atoms with Crippen molar-refractivity contribution in [2.24, 2.45) is 5.84 Å². The summed E-state index contributed by atoms with van der Waals surface area (Å²) in [5, 5.41) is 1.39. The van der Waals surface area contributed by atoms with Gasteiger partial charge in [0, 0.05) is 20.6 Å². The normalized spacial score (nSPS) is 12.4. The number of hydrogen-bond donors (Lipinski definition) is 2. The van der Waals surface area contributed by atoms with E-state index >= 15 is 0 Å². The molecule has 2 aromatic rings. The second kappa shape index (κ2) is 7.43. The van der Waals surface area contributed by atoms with Crippen LogP contribution in [0, 0.1) is 0 Å². The van der Waals surface area contributed by atoms with Gasteiger partial charge in [-0.1, -0.05) is 57.3 Å². The molecule has 2 nitrogen and oxygen atoms in total. The molecule has 20 heavy (non-hydrogen) atoms. The summed E-state index contributed by atoms with van der Waals surface area (Å²) >= 11 is 15.8. The molecule has 0 heterocycles. The Morgan fingerprint density at radius 1 is 1.05 bits per heavy atom. The van der Waals surface area contributed by atoms with E-state index < -0.39 is 0 Å². The summed E-state index contributed by atoms with van der Waals surface area (Å²) in [5.74, 6) is 5.67. The number of hydrogen-bond acceptors (Lipinski definition) is 2. The van der Waals surface area contributed by atoms with Gasteiger partial charge in [-0.05, 0) is 48.2 Å². The maximum absolute atomic E-state index is 6.20. The smallest absolute Gasteiger partial charge is 0.0439 e. The van der Waals surface area contributed by atoms with Crippen LogP contribution in [0.1, 0.15) is 11.1 Å². The average Bonchev–Trinajstić information content (AvgIpc) is 2.44. The predicted octanol–water partition coefficient (Wildman–Crippen LogP) is 4.37. The second-order valence-corrected chi connectivity index (χ2v) is 6.30. The molecule has 1 atom stereocenters. The van der Waals surface area contributed by atoms with Crippen molar-refractivity contribution < 1.29 is 0 Å². The third kappa shape index (κ3) is 4.21. The summed E-state index contributed by atoms with van der Waals surface area (Å²) in [6.07, 6.45) is 1.53. The van der Waals surface area contributed by atoms with Gasteiger partial charge in [-0.25, -0.2) is 0 Å². The van der Waals surface area contributed by atoms with Gasteiger partial charge in [0.05, 0.1) is 0 Å². The molecule has 0 spiro atoms. The minimum atomic E-state index is 0.0877. The number of rotatable bonds is 5. The first-order valence-electron chi connectivity index (χ1n) is 6.23. The molecule has 0 aliphatic rings. The van der Waals surface area contributed by atoms with E-state index in [4.69, 9.17) is 29.0 Å². The minimum Gasteiger partial charge on any atom is -0.271 e. The van der Waals surface area contributed by atoms with Crippen molar-refractivity contribution in [2.75, 3.05) is 0 Å². The summed E-state index contributed by atoms with van der Waals surface area (Å²) in [6, 6.07) is 13.7. The van der Waals surface area contributed by atoms with E-state index in [0.29, 0.717) is 10.0 Å². The van der Waals surface area contributed by atoms with E-state index in [1.807, 2.05) is 30.3 Å². The molecule has 0 saturated carbocycles. The highest BCUT2D eigenvalue weighted by atomic mass is 79.9. The van der Waals surface area contributed by atoms with Gasteiger partial charge in [-0.15, -0.1) is 0 Å². The van der Waals surface area contributed by atoms with Crippen LogP contribution in [0.15, 0.2) is 46.9 Å². The fraction of sp³-hybridized carbons (Fsp3) is 0.200. The van der Waals surface area contributed by atoms with Crippen LogP contribution in [-0.2, 0) is 12.8 Å². The first kappa shape index (κ1) is 15.8. The van der Waals surface area contributed by atoms with Crippen LogP contribution in [0.4, 0.5) is 0 Å². The molecule has 0 fully saturated rings. The maximum Gasteiger partial charge on any atom is 0.0439 e. The van der Waals surface area contributed by atoms with E-state index in [1.165, 1.54) is 5.56 Å². The zero-order valence-electron chi connectivity index (χ0n) is 10.7. The number of benzene rings is 2. The van der Waals surface area contributed by atoms with E-state index in [-0.39, 0.29) is 6.04 Å². The monoisotopic (exact) mass is 372 g/mol. The molecule has 0 aliphatic carbocycles. The molecule has 3 N–H and O–H groups in total. The lowest BCUT2D eigenvalue weighted by atomic mass is 9.99. The Bertz CT molecular complexity index is 590. The van der Waals surface area contributed by atoms with Gasteiger partial charge < -0.3 is 0 Å². The van der Waals surface area contributed by atoms with E-state index in [2.05, 4.69) is 27.4 Å². The molecule has 1 unspecified atom stereocenters. The zero-order chi connectivity index (χ0) is 14.5. The second-order valence-electron chi connectivity index (χ2n) is 4.60. The first-order valence-corrected chi connectivity index (χ1v) is 7.78. The molecule has 0 bridgehead atoms. The van der Waals surface area contributed by atoms with Crippen LogP contribution >= 0.6 is 39.1 Å². The molecular weight excluding hydrogens is 359 g/mol. The molecule has 2 rings (SSSR count). The lowest BCUT2D eigenvalue weighted by molar-refractivity contribution is 0.522. The molecule has 5 heteroatoms. The summed E-state index contributed by atoms with van der Waals surface area (Å²) in [5.41, 5.74) is 5.05. The quantitative estimate of drug-likeness (QED) is 0.603. The standard InChI is InChI=1S/C15H15BrCl2N2/c16-14-4-2-1-3-10(14)8-13(20-19)9-11-7-12(17)5-6-15(11)18/h1-7,13,20H,8-9,19H2. The SMILES string of the molecule is NNC(Cc1cc(Cl)ccc1Cl)Cc1ccccc1Br. The molecule has 0 aliphatic heterocycles. The lowest BCUT2D eigenvalue weighted by Crippen LogP contribution is -2.38. The molecule has 2 aromatic carbocycles. The Kier molecular flexibility index (Phi) is 5.87. The molecule has 0 amide bonds. The van der Waals surface area contributed by atoms with Gasteiger partial charge in [-0.2, -0.15) is 0 Å². The average molecular weight is 374 g/mol. The van der Waals surface area contributed by atoms with Crippen molar-refractivity contribution in [3.63, 3.8) is 0 Å². The van der Waals surface area contributed by atoms with Gasteiger partial charge in [0.1, 0.15) is 0 Å². The van der Waals surface area contributed by atoms with Crippen LogP contribution in [-0.4, -0.2) is 6.04 Å². The third-order valence-electron chi connectivity index (χ3n) is 3.13. The Hall–Kier alpha value is -0.580. The largest absolute Gasteiger partial charge is 0.271 e. The lowest BCUT2D eigenvalue weighted by Gasteiger charge is -2.17. The number of hydrazine groups is 1. The predicted molar refractivity (Wildman–Crippen MR) is 89.1 cm³/mol. The van der Waals surface area contributed by atoms with Gasteiger partial charge in [0.15, 0.2) is 0 Å². The van der Waals surface area contributed by atoms with Crippen molar-refractivity contribution in [3.8, 4) is 0 Å². The van der Waals surface area contributed by atoms with E-state index in [0.717, 1.165) is 22.9 Å². The van der Waals surface area contributed by atoms with Gasteiger partial charge in [-0.3, -0.25) is 11.3 Å². The van der Waals surface area contributed by atoms with Crippen LogP contribution in [0.5, 0.6) is 0 Å². The molecule has 106 valence electrons. The Balaban J connectivity index is 2.13. The zero-order valence-corrected chi connectivity index (χ0v) is 13.8. The van der Waals surface area contributed by atoms with E-state index in [9.17, 15) is 0 Å². The van der Waals surface area contributed by atoms with Crippen molar-refractivity contribution in [1.29, 1.82) is 0 Å². The van der Waals surface area contributed by atoms with Crippen molar-refractivity contribution >= 4 is 39.1 Å². The summed E-state index contributed by atoms with van der Waals surface area (Å²) in [7, 11) is 0. The van der Waals surface area contributed by atoms with Crippen molar-refractivity contribution in [1.82, 2.24) is 5.43 Å². The Morgan fingerprint density at radius 2 is 1.75 bits per heavy atom. The molecule has 0 radical (unpaired) electrons. The van der Waals surface area contributed by atoms with Crippen LogP contribution in [0.25, 0.3) is 0 Å². The highest BCUT2D eigenvalue weighted by molar-refractivity contribution is 9.10. The number of halogens is 3. The third-order valence-corrected chi connectivity index (χ3v) is 4.51. The highest BCUT2D eigenvalue weighted by Gasteiger charge is 2.13. The Morgan fingerprint density at radius 3 is 2.45 bits per heavy atom. The first-order chi connectivity index (χ1) is 9.60. The van der Waals surface area contributed by atoms with E-state index in [1.54, 1.807) is 6.07 Å². The minimum absolute atomic E-state index is 0.0877. The van der Waals surface area contributed by atoms with Gasteiger partial charge >= 0.3 is 0 Å². The molecule has 0 aromatic heterocycles. The fourth-order valence-electron chi connectivity index (χ4n) is 2.08. The molecular formula is C15H15BrCl2N2. The topological polar surface area (TPSA) is 38.0 Å². The van der Waals surface area contributed by atoms with Crippen LogP contribution in [0.2, 0.25) is 10.0 Å². The highest BCUT2D eigenvalue weighted by Crippen LogP contribution is 2.24. The van der Waals surface area contributed by atoms with Crippen molar-refractivity contribution in [3.05, 3.63) is 68.1 Å². The van der Waals surface area contributed by atoms with Crippen molar-refractivity contribution in [2.45, 2.75) is 18.9 Å². The summed E-state index contributed by atoms with van der Waals surface area (Å²) in [6.45, 7) is 0. The van der Waals surface area contributed by atoms with Crippen LogP contribution in [0.3, 0.4) is 0 Å². The van der Waals surface area contributed by atoms with Gasteiger partial charge in [0.25, 0.3) is 0 Å². The summed E-state index contributed by atoms with van der Waals surface area (Å²) < 4.78 is 1.08. The molecule has 0 saturated heterocycles. The Labute approximate surface area is 137 Å². The summed E-state index contributed by atoms with van der Waals surface area (Å²) in [4.78, 5) is 0. The van der Waals surface area contributed by atoms with Crippen LogP contribution < -0.4 is 11.3 Å². The number of nitrogens with two attached hydrogens (primary N) is 1. The number of nitrogens with one attached hydrogen (secondary N) is 1. The maximum atomic E-state index is 6.20. The van der Waals surface area contributed by atoms with Gasteiger partial charge in [0.2, 0.25) is 0 Å².